The second-order valence-corrected chi connectivity index (χ2v) is 7.36. The maximum atomic E-state index is 12.3. The van der Waals surface area contributed by atoms with Crippen LogP contribution in [-0.4, -0.2) is 47.4 Å². The normalized spacial score (nSPS) is 17.0. The minimum absolute atomic E-state index is 0.172. The fraction of sp³-hybridized carbons (Fsp3) is 0.611. The highest BCUT2D eigenvalue weighted by atomic mass is 16.5. The Morgan fingerprint density at radius 2 is 1.92 bits per heavy atom. The molecule has 1 atom stereocenters. The number of ether oxygens (including phenoxy) is 1. The van der Waals surface area contributed by atoms with E-state index in [-0.39, 0.29) is 29.2 Å². The van der Waals surface area contributed by atoms with E-state index >= 15 is 0 Å². The second-order valence-electron chi connectivity index (χ2n) is 7.36. The number of rotatable bonds is 4. The summed E-state index contributed by atoms with van der Waals surface area (Å²) in [7, 11) is 0. The molecule has 2 heterocycles. The van der Waals surface area contributed by atoms with Crippen LogP contribution in [0, 0.1) is 5.92 Å². The van der Waals surface area contributed by atoms with Crippen molar-refractivity contribution >= 4 is 17.8 Å². The first-order valence-corrected chi connectivity index (χ1v) is 8.52. The highest BCUT2D eigenvalue weighted by Crippen LogP contribution is 2.21. The number of hydrogen-bond acceptors (Lipinski definition) is 5. The van der Waals surface area contributed by atoms with Crippen LogP contribution in [-0.2, 0) is 14.3 Å². The van der Waals surface area contributed by atoms with Crippen molar-refractivity contribution in [3.05, 3.63) is 24.2 Å². The zero-order valence-electron chi connectivity index (χ0n) is 15.2. The van der Waals surface area contributed by atoms with Crippen molar-refractivity contribution < 1.29 is 23.5 Å². The predicted molar refractivity (Wildman–Crippen MR) is 90.8 cm³/mol. The first-order chi connectivity index (χ1) is 11.7. The summed E-state index contributed by atoms with van der Waals surface area (Å²) in [4.78, 5) is 38.1. The summed E-state index contributed by atoms with van der Waals surface area (Å²) >= 11 is 0. The average molecular weight is 350 g/mol. The lowest BCUT2D eigenvalue weighted by Crippen LogP contribution is -2.47. The minimum Gasteiger partial charge on any atom is -0.459 e. The number of hydrogen-bond donors (Lipinski definition) is 1. The quantitative estimate of drug-likeness (QED) is 0.839. The summed E-state index contributed by atoms with van der Waals surface area (Å²) in [5.74, 6) is -0.873. The summed E-state index contributed by atoms with van der Waals surface area (Å²) in [6.45, 7) is 8.08. The van der Waals surface area contributed by atoms with Crippen molar-refractivity contribution in [1.82, 2.24) is 10.2 Å². The minimum atomic E-state index is -0.838. The summed E-state index contributed by atoms with van der Waals surface area (Å²) in [6.07, 6.45) is 1.65. The molecule has 7 nitrogen and oxygen atoms in total. The standard InChI is InChI=1S/C18H26N2O5/c1-12(15(21)19-18(2,3)4)25-17(23)13-7-9-20(10-8-13)16(22)14-6-5-11-24-14/h5-6,11-13H,7-10H2,1-4H3,(H,19,21). The number of nitrogens with zero attached hydrogens (tertiary/aromatic N) is 1. The maximum Gasteiger partial charge on any atom is 0.309 e. The number of piperidine rings is 1. The van der Waals surface area contributed by atoms with Crippen LogP contribution in [0.15, 0.2) is 22.8 Å². The second kappa shape index (κ2) is 7.72. The fourth-order valence-electron chi connectivity index (χ4n) is 2.67. The molecule has 1 aromatic heterocycles. The Labute approximate surface area is 147 Å². The fourth-order valence-corrected chi connectivity index (χ4v) is 2.67. The Balaban J connectivity index is 1.81. The molecule has 0 aromatic carbocycles. The van der Waals surface area contributed by atoms with E-state index in [1.165, 1.54) is 6.26 Å². The number of likely N-dealkylation sites (tertiary alicyclic amines) is 1. The number of carbonyl (C=O) groups excluding carboxylic acids is 3. The van der Waals surface area contributed by atoms with Gasteiger partial charge in [0.2, 0.25) is 0 Å². The molecule has 1 aromatic rings. The van der Waals surface area contributed by atoms with Gasteiger partial charge < -0.3 is 19.4 Å². The van der Waals surface area contributed by atoms with Crippen molar-refractivity contribution in [2.24, 2.45) is 5.92 Å². The molecule has 25 heavy (non-hydrogen) atoms. The molecule has 0 aliphatic carbocycles. The third-order valence-corrected chi connectivity index (χ3v) is 4.01. The molecular weight excluding hydrogens is 324 g/mol. The molecule has 2 rings (SSSR count). The average Bonchev–Trinajstić information content (AvgIpc) is 3.07. The molecule has 1 saturated heterocycles. The van der Waals surface area contributed by atoms with E-state index in [0.717, 1.165) is 0 Å². The van der Waals surface area contributed by atoms with E-state index in [4.69, 9.17) is 9.15 Å². The first kappa shape index (κ1) is 19.0. The van der Waals surface area contributed by atoms with Crippen LogP contribution in [0.5, 0.6) is 0 Å². The number of carbonyl (C=O) groups is 3. The van der Waals surface area contributed by atoms with Crippen molar-refractivity contribution in [2.45, 2.75) is 52.2 Å². The molecule has 1 N–H and O–H groups in total. The monoisotopic (exact) mass is 350 g/mol. The van der Waals surface area contributed by atoms with Gasteiger partial charge in [0.1, 0.15) is 0 Å². The highest BCUT2D eigenvalue weighted by Gasteiger charge is 2.31. The van der Waals surface area contributed by atoms with Gasteiger partial charge in [0, 0.05) is 18.6 Å². The lowest BCUT2D eigenvalue weighted by Gasteiger charge is -2.31. The Bertz CT molecular complexity index is 610. The van der Waals surface area contributed by atoms with Gasteiger partial charge >= 0.3 is 5.97 Å². The van der Waals surface area contributed by atoms with Crippen LogP contribution in [0.4, 0.5) is 0 Å². The van der Waals surface area contributed by atoms with E-state index in [1.807, 2.05) is 20.8 Å². The zero-order chi connectivity index (χ0) is 18.6. The third-order valence-electron chi connectivity index (χ3n) is 4.01. The summed E-state index contributed by atoms with van der Waals surface area (Å²) < 4.78 is 10.4. The summed E-state index contributed by atoms with van der Waals surface area (Å²) in [5, 5.41) is 2.79. The van der Waals surface area contributed by atoms with Gasteiger partial charge in [-0.2, -0.15) is 0 Å². The van der Waals surface area contributed by atoms with Crippen molar-refractivity contribution in [3.63, 3.8) is 0 Å². The van der Waals surface area contributed by atoms with Gasteiger partial charge in [-0.15, -0.1) is 0 Å². The zero-order valence-corrected chi connectivity index (χ0v) is 15.2. The van der Waals surface area contributed by atoms with Gasteiger partial charge in [-0.3, -0.25) is 14.4 Å². The Morgan fingerprint density at radius 1 is 1.28 bits per heavy atom. The van der Waals surface area contributed by atoms with Crippen LogP contribution in [0.1, 0.15) is 51.1 Å². The number of amides is 2. The predicted octanol–water partition coefficient (Wildman–Crippen LogP) is 1.98. The molecule has 2 amide bonds. The molecule has 1 fully saturated rings. The Hall–Kier alpha value is -2.31. The van der Waals surface area contributed by atoms with E-state index in [9.17, 15) is 14.4 Å². The lowest BCUT2D eigenvalue weighted by molar-refractivity contribution is -0.160. The van der Waals surface area contributed by atoms with Crippen LogP contribution in [0.3, 0.4) is 0 Å². The van der Waals surface area contributed by atoms with Gasteiger partial charge in [0.15, 0.2) is 11.9 Å². The number of nitrogens with one attached hydrogen (secondary N) is 1. The molecule has 1 aliphatic heterocycles. The van der Waals surface area contributed by atoms with Crippen LogP contribution in [0.2, 0.25) is 0 Å². The first-order valence-electron chi connectivity index (χ1n) is 8.52. The SMILES string of the molecule is CC(OC(=O)C1CCN(C(=O)c2ccco2)CC1)C(=O)NC(C)(C)C. The van der Waals surface area contributed by atoms with E-state index in [0.29, 0.717) is 31.7 Å². The Kier molecular flexibility index (Phi) is 5.87. The molecular formula is C18H26N2O5. The van der Waals surface area contributed by atoms with E-state index in [2.05, 4.69) is 5.32 Å². The maximum absolute atomic E-state index is 12.3. The molecule has 138 valence electrons. The molecule has 7 heteroatoms. The number of furan rings is 1. The Morgan fingerprint density at radius 3 is 2.44 bits per heavy atom. The molecule has 0 bridgehead atoms. The van der Waals surface area contributed by atoms with Gasteiger partial charge in [-0.1, -0.05) is 0 Å². The molecule has 0 radical (unpaired) electrons. The van der Waals surface area contributed by atoms with Gasteiger partial charge in [0.25, 0.3) is 11.8 Å². The number of esters is 1. The molecule has 0 spiro atoms. The topological polar surface area (TPSA) is 88.8 Å². The van der Waals surface area contributed by atoms with Crippen molar-refractivity contribution in [3.8, 4) is 0 Å². The van der Waals surface area contributed by atoms with Gasteiger partial charge in [-0.05, 0) is 52.7 Å². The smallest absolute Gasteiger partial charge is 0.309 e. The van der Waals surface area contributed by atoms with Gasteiger partial charge in [0.05, 0.1) is 12.2 Å². The summed E-state index contributed by atoms with van der Waals surface area (Å²) in [5.41, 5.74) is -0.380. The van der Waals surface area contributed by atoms with E-state index < -0.39 is 6.10 Å². The van der Waals surface area contributed by atoms with E-state index in [1.54, 1.807) is 24.0 Å². The van der Waals surface area contributed by atoms with Crippen molar-refractivity contribution in [1.29, 1.82) is 0 Å². The largest absolute Gasteiger partial charge is 0.459 e. The van der Waals surface area contributed by atoms with Crippen LogP contribution in [0.25, 0.3) is 0 Å². The van der Waals surface area contributed by atoms with Crippen LogP contribution < -0.4 is 5.32 Å². The van der Waals surface area contributed by atoms with Crippen molar-refractivity contribution in [2.75, 3.05) is 13.1 Å². The summed E-state index contributed by atoms with van der Waals surface area (Å²) in [6, 6.07) is 3.29. The lowest BCUT2D eigenvalue weighted by atomic mass is 9.97. The highest BCUT2D eigenvalue weighted by molar-refractivity contribution is 5.91. The molecule has 1 unspecified atom stereocenters. The van der Waals surface area contributed by atoms with Crippen LogP contribution >= 0.6 is 0 Å². The molecule has 0 saturated carbocycles. The third kappa shape index (κ3) is 5.34. The molecule has 1 aliphatic rings. The van der Waals surface area contributed by atoms with Gasteiger partial charge in [-0.25, -0.2) is 0 Å².